The fourth-order valence-corrected chi connectivity index (χ4v) is 7.22. The van der Waals surface area contributed by atoms with Crippen molar-refractivity contribution in [1.29, 1.82) is 0 Å². The van der Waals surface area contributed by atoms with Gasteiger partial charge in [0.25, 0.3) is 0 Å². The average molecular weight is 792 g/mol. The number of aliphatic hydroxyl groups excluding tert-OH is 7. The van der Waals surface area contributed by atoms with Crippen molar-refractivity contribution >= 4 is 13.7 Å². The van der Waals surface area contributed by atoms with E-state index in [9.17, 15) is 50.0 Å². The Morgan fingerprint density at radius 1 is 0.648 bits per heavy atom. The maximum absolute atomic E-state index is 12.9. The molecule has 1 saturated carbocycles. The van der Waals surface area contributed by atoms with E-state index in [4.69, 9.17) is 9.05 Å². The number of carbonyl (C=O) groups excluding carboxylic acids is 1. The first-order chi connectivity index (χ1) is 25.8. The minimum atomic E-state index is -5.14. The molecule has 316 valence electrons. The molecule has 8 atom stereocenters. The minimum Gasteiger partial charge on any atom is -0.393 e. The molecule has 0 saturated heterocycles. The van der Waals surface area contributed by atoms with Gasteiger partial charge in [0.2, 0.25) is 5.91 Å². The molecule has 1 amide bonds. The van der Waals surface area contributed by atoms with Crippen LogP contribution in [0.15, 0.2) is 36.5 Å². The number of aliphatic hydroxyl groups is 7. The zero-order valence-corrected chi connectivity index (χ0v) is 33.8. The SMILES string of the molecule is CCCCC/C=C/CC/C=C/C(O)C(COP(=O)(O)OC1C(O)C(O)C(O)C(O)C1O)NC(=O)CC(O)CCCCCCC/C=C\CCCCCCCC. The lowest BCUT2D eigenvalue weighted by atomic mass is 9.85. The summed E-state index contributed by atoms with van der Waals surface area (Å²) in [5.41, 5.74) is 0. The van der Waals surface area contributed by atoms with Crippen molar-refractivity contribution in [3.63, 3.8) is 0 Å². The number of nitrogens with one attached hydrogen (secondary N) is 1. The Kier molecular flexibility index (Phi) is 28.7. The smallest absolute Gasteiger partial charge is 0.393 e. The van der Waals surface area contributed by atoms with Crippen LogP contribution >= 0.6 is 7.82 Å². The summed E-state index contributed by atoms with van der Waals surface area (Å²) in [7, 11) is -5.14. The third-order valence-corrected chi connectivity index (χ3v) is 10.7. The highest BCUT2D eigenvalue weighted by Gasteiger charge is 2.51. The van der Waals surface area contributed by atoms with Crippen molar-refractivity contribution in [2.45, 2.75) is 204 Å². The molecule has 9 N–H and O–H groups in total. The zero-order valence-electron chi connectivity index (χ0n) is 32.9. The van der Waals surface area contributed by atoms with E-state index in [2.05, 4.69) is 37.4 Å². The first-order valence-corrected chi connectivity index (χ1v) is 22.0. The molecule has 0 aromatic carbocycles. The number of phosphoric ester groups is 1. The van der Waals surface area contributed by atoms with Crippen molar-refractivity contribution in [2.24, 2.45) is 0 Å². The van der Waals surface area contributed by atoms with Gasteiger partial charge in [0.05, 0.1) is 31.3 Å². The van der Waals surface area contributed by atoms with Crippen LogP contribution < -0.4 is 5.32 Å². The van der Waals surface area contributed by atoms with Crippen LogP contribution in [0.25, 0.3) is 0 Å². The van der Waals surface area contributed by atoms with Gasteiger partial charge < -0.3 is 46.0 Å². The number of rotatable bonds is 32. The van der Waals surface area contributed by atoms with Crippen LogP contribution in [0.3, 0.4) is 0 Å². The van der Waals surface area contributed by atoms with Gasteiger partial charge in [0.1, 0.15) is 36.6 Å². The Bertz CT molecular complexity index is 1080. The lowest BCUT2D eigenvalue weighted by Gasteiger charge is -2.41. The highest BCUT2D eigenvalue weighted by molar-refractivity contribution is 7.47. The van der Waals surface area contributed by atoms with E-state index in [1.54, 1.807) is 6.08 Å². The van der Waals surface area contributed by atoms with Gasteiger partial charge in [0.15, 0.2) is 0 Å². The van der Waals surface area contributed by atoms with Gasteiger partial charge in [-0.3, -0.25) is 13.8 Å². The van der Waals surface area contributed by atoms with Crippen molar-refractivity contribution in [1.82, 2.24) is 5.32 Å². The van der Waals surface area contributed by atoms with E-state index < -0.39 is 75.2 Å². The predicted octanol–water partition coefficient (Wildman–Crippen LogP) is 5.41. The first kappa shape index (κ1) is 50.5. The summed E-state index contributed by atoms with van der Waals surface area (Å²) in [6.07, 6.45) is 18.4. The molecule has 0 aliphatic heterocycles. The van der Waals surface area contributed by atoms with Gasteiger partial charge in [-0.15, -0.1) is 0 Å². The summed E-state index contributed by atoms with van der Waals surface area (Å²) in [4.78, 5) is 23.3. The minimum absolute atomic E-state index is 0.259. The Balaban J connectivity index is 2.60. The lowest BCUT2D eigenvalue weighted by Crippen LogP contribution is -2.64. The summed E-state index contributed by atoms with van der Waals surface area (Å²) >= 11 is 0. The number of carbonyl (C=O) groups is 1. The van der Waals surface area contributed by atoms with E-state index >= 15 is 0 Å². The van der Waals surface area contributed by atoms with Gasteiger partial charge in [-0.25, -0.2) is 4.57 Å². The summed E-state index contributed by atoms with van der Waals surface area (Å²) in [6.45, 7) is 3.62. The molecular formula is C40H74NO12P. The maximum Gasteiger partial charge on any atom is 0.472 e. The van der Waals surface area contributed by atoms with Crippen LogP contribution in [0.1, 0.15) is 149 Å². The molecule has 1 rings (SSSR count). The van der Waals surface area contributed by atoms with Crippen LogP contribution in [0.4, 0.5) is 0 Å². The van der Waals surface area contributed by atoms with Gasteiger partial charge in [0, 0.05) is 0 Å². The molecule has 1 aliphatic rings. The van der Waals surface area contributed by atoms with E-state index in [1.807, 2.05) is 6.08 Å². The molecule has 0 heterocycles. The summed E-state index contributed by atoms with van der Waals surface area (Å²) < 4.78 is 22.7. The largest absolute Gasteiger partial charge is 0.472 e. The third-order valence-electron chi connectivity index (χ3n) is 9.70. The second kappa shape index (κ2) is 30.6. The number of hydrogen-bond acceptors (Lipinski definition) is 11. The second-order valence-corrected chi connectivity index (χ2v) is 16.1. The van der Waals surface area contributed by atoms with E-state index in [-0.39, 0.29) is 6.42 Å². The van der Waals surface area contributed by atoms with Crippen LogP contribution in [0.2, 0.25) is 0 Å². The van der Waals surface area contributed by atoms with Crippen molar-refractivity contribution in [3.05, 3.63) is 36.5 Å². The normalized spacial score (nSPS) is 25.0. The van der Waals surface area contributed by atoms with Crippen molar-refractivity contribution in [3.8, 4) is 0 Å². The Morgan fingerprint density at radius 3 is 1.67 bits per heavy atom. The lowest BCUT2D eigenvalue weighted by molar-refractivity contribution is -0.220. The van der Waals surface area contributed by atoms with Gasteiger partial charge in [-0.05, 0) is 57.8 Å². The quantitative estimate of drug-likeness (QED) is 0.0237. The Hall–Kier alpha value is -1.48. The topological polar surface area (TPSA) is 226 Å². The third kappa shape index (κ3) is 22.9. The second-order valence-electron chi connectivity index (χ2n) is 14.7. The van der Waals surface area contributed by atoms with Crippen LogP contribution in [0.5, 0.6) is 0 Å². The molecule has 1 fully saturated rings. The maximum atomic E-state index is 12.9. The van der Waals surface area contributed by atoms with Crippen LogP contribution in [0, 0.1) is 0 Å². The Morgan fingerprint density at radius 2 is 1.09 bits per heavy atom. The molecule has 0 aromatic heterocycles. The van der Waals surface area contributed by atoms with Crippen molar-refractivity contribution in [2.75, 3.05) is 6.61 Å². The molecule has 14 heteroatoms. The number of amides is 1. The first-order valence-electron chi connectivity index (χ1n) is 20.5. The van der Waals surface area contributed by atoms with Gasteiger partial charge >= 0.3 is 7.82 Å². The van der Waals surface area contributed by atoms with Crippen LogP contribution in [-0.4, -0.2) is 108 Å². The molecule has 0 aromatic rings. The summed E-state index contributed by atoms with van der Waals surface area (Å²) in [5, 5.41) is 74.0. The van der Waals surface area contributed by atoms with Gasteiger partial charge in [-0.2, -0.15) is 0 Å². The standard InChI is InChI=1S/C40H74NO12P/c1-3-5-7-9-11-13-14-15-16-17-18-20-21-23-25-27-31(42)29-34(44)41-32(33(43)28-26-24-22-19-12-10-8-6-4-2)30-52-54(50,51)53-40-38(48)36(46)35(45)37(47)39(40)49/h12,15-16,19,26,28,31-33,35-40,42-43,45-49H,3-11,13-14,17-18,20-25,27,29-30H2,1-2H3,(H,41,44)(H,50,51)/b16-15-,19-12+,28-26+. The number of unbranched alkanes of at least 4 members (excludes halogenated alkanes) is 15. The zero-order chi connectivity index (χ0) is 40.2. The Labute approximate surface area is 324 Å². The predicted molar refractivity (Wildman–Crippen MR) is 210 cm³/mol. The number of hydrogen-bond donors (Lipinski definition) is 9. The summed E-state index contributed by atoms with van der Waals surface area (Å²) in [6, 6.07) is -1.26. The molecular weight excluding hydrogens is 717 g/mol. The highest BCUT2D eigenvalue weighted by atomic mass is 31.2. The number of allylic oxidation sites excluding steroid dienone is 5. The molecule has 0 spiro atoms. The molecule has 0 radical (unpaired) electrons. The summed E-state index contributed by atoms with van der Waals surface area (Å²) in [5.74, 6) is -0.613. The van der Waals surface area contributed by atoms with E-state index in [0.29, 0.717) is 12.8 Å². The van der Waals surface area contributed by atoms with Crippen LogP contribution in [-0.2, 0) is 18.4 Å². The molecule has 8 unspecified atom stereocenters. The molecule has 13 nitrogen and oxygen atoms in total. The van der Waals surface area contributed by atoms with Gasteiger partial charge in [-0.1, -0.05) is 121 Å². The average Bonchev–Trinajstić information content (AvgIpc) is 3.14. The van der Waals surface area contributed by atoms with E-state index in [0.717, 1.165) is 70.6 Å². The van der Waals surface area contributed by atoms with Crippen molar-refractivity contribution < 1.29 is 59.0 Å². The fraction of sp³-hybridized carbons (Fsp3) is 0.825. The highest BCUT2D eigenvalue weighted by Crippen LogP contribution is 2.47. The molecule has 54 heavy (non-hydrogen) atoms. The monoisotopic (exact) mass is 791 g/mol. The number of phosphoric acid groups is 1. The fourth-order valence-electron chi connectivity index (χ4n) is 6.25. The molecule has 0 bridgehead atoms. The van der Waals surface area contributed by atoms with E-state index in [1.165, 1.54) is 51.0 Å². The molecule has 1 aliphatic carbocycles.